The highest BCUT2D eigenvalue weighted by Gasteiger charge is 2.35. The quantitative estimate of drug-likeness (QED) is 0.896. The Hall–Kier alpha value is -2.37. The first-order valence-corrected chi connectivity index (χ1v) is 7.15. The predicted molar refractivity (Wildman–Crippen MR) is 79.3 cm³/mol. The number of benzene rings is 1. The monoisotopic (exact) mass is 303 g/mol. The number of aromatic amines is 1. The molecule has 3 rings (SSSR count). The number of H-pyrrole nitrogens is 1. The fourth-order valence-corrected chi connectivity index (χ4v) is 2.77. The lowest BCUT2D eigenvalue weighted by molar-refractivity contribution is 0.0616. The minimum absolute atomic E-state index is 0.204. The van der Waals surface area contributed by atoms with Crippen molar-refractivity contribution in [1.82, 2.24) is 15.5 Å². The molecule has 1 amide bonds. The van der Waals surface area contributed by atoms with E-state index in [9.17, 15) is 9.18 Å². The van der Waals surface area contributed by atoms with Gasteiger partial charge < -0.3 is 10.1 Å². The average Bonchev–Trinajstić information content (AvgIpc) is 2.83. The van der Waals surface area contributed by atoms with Crippen LogP contribution in [0.15, 0.2) is 24.4 Å². The van der Waals surface area contributed by atoms with Gasteiger partial charge in [0, 0.05) is 23.7 Å². The van der Waals surface area contributed by atoms with Crippen molar-refractivity contribution in [3.05, 3.63) is 47.0 Å². The van der Waals surface area contributed by atoms with Gasteiger partial charge in [0.05, 0.1) is 17.8 Å². The normalized spacial score (nSPS) is 19.2. The molecule has 0 bridgehead atoms. The van der Waals surface area contributed by atoms with Crippen LogP contribution >= 0.6 is 0 Å². The van der Waals surface area contributed by atoms with Crippen LogP contribution < -0.4 is 10.1 Å². The maximum Gasteiger partial charge on any atom is 0.255 e. The number of aryl methyl sites for hydroxylation is 1. The van der Waals surface area contributed by atoms with Crippen LogP contribution in [0.4, 0.5) is 4.39 Å². The number of aromatic nitrogens is 2. The maximum atomic E-state index is 13.4. The molecule has 2 N–H and O–H groups in total. The van der Waals surface area contributed by atoms with E-state index in [1.54, 1.807) is 13.0 Å². The molecule has 1 aliphatic rings. The van der Waals surface area contributed by atoms with Crippen molar-refractivity contribution in [3.8, 4) is 5.75 Å². The van der Waals surface area contributed by atoms with E-state index in [0.29, 0.717) is 23.4 Å². The van der Waals surface area contributed by atoms with Gasteiger partial charge in [0.15, 0.2) is 0 Å². The third kappa shape index (κ3) is 2.68. The van der Waals surface area contributed by atoms with E-state index in [0.717, 1.165) is 5.56 Å². The van der Waals surface area contributed by atoms with Gasteiger partial charge in [-0.05, 0) is 26.8 Å². The summed E-state index contributed by atoms with van der Waals surface area (Å²) in [6.45, 7) is 5.63. The summed E-state index contributed by atoms with van der Waals surface area (Å²) in [5, 5.41) is 9.60. The van der Waals surface area contributed by atoms with Gasteiger partial charge >= 0.3 is 0 Å². The van der Waals surface area contributed by atoms with Crippen molar-refractivity contribution in [1.29, 1.82) is 0 Å². The second kappa shape index (κ2) is 5.12. The molecule has 1 aromatic carbocycles. The summed E-state index contributed by atoms with van der Waals surface area (Å²) >= 11 is 0. The molecular weight excluding hydrogens is 285 g/mol. The molecular formula is C16H18FN3O2. The van der Waals surface area contributed by atoms with E-state index >= 15 is 0 Å². The van der Waals surface area contributed by atoms with Crippen molar-refractivity contribution in [3.63, 3.8) is 0 Å². The molecule has 0 radical (unpaired) electrons. The number of nitrogens with zero attached hydrogens (tertiary/aromatic N) is 1. The molecule has 0 aliphatic carbocycles. The fraction of sp³-hybridized carbons (Fsp3) is 0.375. The van der Waals surface area contributed by atoms with Crippen LogP contribution in [0.5, 0.6) is 5.75 Å². The molecule has 0 saturated carbocycles. The van der Waals surface area contributed by atoms with Gasteiger partial charge in [-0.25, -0.2) is 4.39 Å². The molecule has 0 saturated heterocycles. The predicted octanol–water partition coefficient (Wildman–Crippen LogP) is 2.89. The van der Waals surface area contributed by atoms with Gasteiger partial charge in [0.2, 0.25) is 0 Å². The summed E-state index contributed by atoms with van der Waals surface area (Å²) < 4.78 is 19.2. The Morgan fingerprint density at radius 1 is 1.50 bits per heavy atom. The first kappa shape index (κ1) is 14.6. The molecule has 22 heavy (non-hydrogen) atoms. The third-order valence-electron chi connectivity index (χ3n) is 3.81. The summed E-state index contributed by atoms with van der Waals surface area (Å²) in [5.41, 5.74) is 1.52. The minimum atomic E-state index is -0.482. The lowest BCUT2D eigenvalue weighted by atomic mass is 9.89. The summed E-state index contributed by atoms with van der Waals surface area (Å²) in [4.78, 5) is 12.4. The Labute approximate surface area is 127 Å². The van der Waals surface area contributed by atoms with Crippen molar-refractivity contribution in [2.24, 2.45) is 0 Å². The summed E-state index contributed by atoms with van der Waals surface area (Å²) in [5.74, 6) is -0.0816. The van der Waals surface area contributed by atoms with Gasteiger partial charge in [0.25, 0.3) is 5.91 Å². The topological polar surface area (TPSA) is 67.0 Å². The van der Waals surface area contributed by atoms with E-state index in [-0.39, 0.29) is 17.8 Å². The van der Waals surface area contributed by atoms with Crippen molar-refractivity contribution in [2.75, 3.05) is 0 Å². The van der Waals surface area contributed by atoms with Crippen LogP contribution in [-0.4, -0.2) is 21.7 Å². The number of fused-ring (bicyclic) bond motifs is 1. The van der Waals surface area contributed by atoms with Gasteiger partial charge in [-0.3, -0.25) is 9.89 Å². The van der Waals surface area contributed by atoms with Crippen LogP contribution in [-0.2, 0) is 0 Å². The second-order valence-corrected chi connectivity index (χ2v) is 6.18. The zero-order valence-corrected chi connectivity index (χ0v) is 12.7. The van der Waals surface area contributed by atoms with E-state index in [2.05, 4.69) is 15.5 Å². The fourth-order valence-electron chi connectivity index (χ4n) is 2.77. The molecule has 116 valence electrons. The first-order valence-electron chi connectivity index (χ1n) is 7.15. The smallest absolute Gasteiger partial charge is 0.255 e. The Kier molecular flexibility index (Phi) is 3.39. The lowest BCUT2D eigenvalue weighted by Gasteiger charge is -2.37. The zero-order chi connectivity index (χ0) is 15.9. The maximum absolute atomic E-state index is 13.4. The highest BCUT2D eigenvalue weighted by molar-refractivity contribution is 5.95. The molecule has 1 aliphatic heterocycles. The van der Waals surface area contributed by atoms with Crippen LogP contribution in [0, 0.1) is 12.7 Å². The number of carbonyl (C=O) groups is 1. The van der Waals surface area contributed by atoms with Crippen molar-refractivity contribution in [2.45, 2.75) is 38.8 Å². The lowest BCUT2D eigenvalue weighted by Crippen LogP contribution is -2.41. The summed E-state index contributed by atoms with van der Waals surface area (Å²) in [7, 11) is 0. The third-order valence-corrected chi connectivity index (χ3v) is 3.81. The minimum Gasteiger partial charge on any atom is -0.487 e. The number of hydrogen-bond donors (Lipinski definition) is 2. The molecule has 5 nitrogen and oxygen atoms in total. The number of halogens is 1. The van der Waals surface area contributed by atoms with Gasteiger partial charge in [-0.2, -0.15) is 5.10 Å². The van der Waals surface area contributed by atoms with Crippen molar-refractivity contribution < 1.29 is 13.9 Å². The second-order valence-electron chi connectivity index (χ2n) is 6.18. The van der Waals surface area contributed by atoms with Crippen molar-refractivity contribution >= 4 is 5.91 Å². The van der Waals surface area contributed by atoms with Gasteiger partial charge in [0.1, 0.15) is 17.2 Å². The Balaban J connectivity index is 1.91. The Morgan fingerprint density at radius 3 is 2.95 bits per heavy atom. The van der Waals surface area contributed by atoms with E-state index in [4.69, 9.17) is 4.74 Å². The molecule has 1 aromatic heterocycles. The van der Waals surface area contributed by atoms with E-state index in [1.807, 2.05) is 13.8 Å². The molecule has 0 fully saturated rings. The zero-order valence-electron chi connectivity index (χ0n) is 12.7. The highest BCUT2D eigenvalue weighted by Crippen LogP contribution is 2.39. The summed E-state index contributed by atoms with van der Waals surface area (Å²) in [6.07, 6.45) is 2.11. The highest BCUT2D eigenvalue weighted by atomic mass is 19.1. The molecule has 1 atom stereocenters. The van der Waals surface area contributed by atoms with Crippen LogP contribution in [0.2, 0.25) is 0 Å². The first-order chi connectivity index (χ1) is 10.4. The van der Waals surface area contributed by atoms with Crippen LogP contribution in [0.1, 0.15) is 47.9 Å². The Bertz CT molecular complexity index is 724. The number of carbonyl (C=O) groups excluding carboxylic acids is 1. The SMILES string of the molecule is Cc1[nH]ncc1C(=O)N[C@H]1CC(C)(C)Oc2cc(F)ccc21. The molecule has 6 heteroatoms. The average molecular weight is 303 g/mol. The van der Waals surface area contributed by atoms with Gasteiger partial charge in [-0.15, -0.1) is 0 Å². The van der Waals surface area contributed by atoms with Crippen LogP contribution in [0.25, 0.3) is 0 Å². The molecule has 2 heterocycles. The molecule has 0 unspecified atom stereocenters. The van der Waals surface area contributed by atoms with Crippen LogP contribution in [0.3, 0.4) is 0 Å². The summed E-state index contributed by atoms with van der Waals surface area (Å²) in [6, 6.07) is 4.16. The molecule has 0 spiro atoms. The largest absolute Gasteiger partial charge is 0.487 e. The Morgan fingerprint density at radius 2 is 2.27 bits per heavy atom. The number of amides is 1. The standard InChI is InChI=1S/C16H18FN3O2/c1-9-12(8-18-20-9)15(21)19-13-7-16(2,3)22-14-6-10(17)4-5-11(13)14/h4-6,8,13H,7H2,1-3H3,(H,18,20)(H,19,21)/t13-/m0/s1. The number of rotatable bonds is 2. The number of hydrogen-bond acceptors (Lipinski definition) is 3. The van der Waals surface area contributed by atoms with E-state index in [1.165, 1.54) is 18.3 Å². The number of ether oxygens (including phenoxy) is 1. The molecule has 2 aromatic rings. The van der Waals surface area contributed by atoms with E-state index < -0.39 is 5.60 Å². The van der Waals surface area contributed by atoms with Gasteiger partial charge in [-0.1, -0.05) is 6.07 Å². The number of nitrogens with one attached hydrogen (secondary N) is 2.